The molecular formula is C13H26N2O5. The topological polar surface area (TPSA) is 96.9 Å². The summed E-state index contributed by atoms with van der Waals surface area (Å²) in [5, 5.41) is 12.4. The molecule has 0 aliphatic heterocycles. The number of amides is 2. The molecular weight excluding hydrogens is 264 g/mol. The van der Waals surface area contributed by atoms with Gasteiger partial charge in [0.1, 0.15) is 5.60 Å². The average molecular weight is 290 g/mol. The fourth-order valence-corrected chi connectivity index (χ4v) is 1.54. The van der Waals surface area contributed by atoms with Gasteiger partial charge in [-0.3, -0.25) is 9.63 Å². The number of nitrogens with one attached hydrogen (secondary N) is 2. The summed E-state index contributed by atoms with van der Waals surface area (Å²) in [7, 11) is 1.27. The van der Waals surface area contributed by atoms with Crippen molar-refractivity contribution in [1.82, 2.24) is 10.8 Å². The Labute approximate surface area is 120 Å². The maximum atomic E-state index is 11.7. The van der Waals surface area contributed by atoms with Crippen LogP contribution in [0.25, 0.3) is 0 Å². The molecule has 0 saturated heterocycles. The van der Waals surface area contributed by atoms with Crippen LogP contribution >= 0.6 is 0 Å². The van der Waals surface area contributed by atoms with Crippen LogP contribution in [0.2, 0.25) is 0 Å². The largest absolute Gasteiger partial charge is 0.444 e. The highest BCUT2D eigenvalue weighted by molar-refractivity contribution is 5.81. The van der Waals surface area contributed by atoms with Crippen molar-refractivity contribution in [3.63, 3.8) is 0 Å². The zero-order chi connectivity index (χ0) is 15.8. The molecule has 0 fully saturated rings. The van der Waals surface area contributed by atoms with Crippen LogP contribution in [0.15, 0.2) is 0 Å². The SMILES string of the molecule is CCCCC(NC(=O)OC(C)(C)C)C(O)C(=O)NOC. The van der Waals surface area contributed by atoms with Gasteiger partial charge in [-0.1, -0.05) is 19.8 Å². The van der Waals surface area contributed by atoms with Crippen LogP contribution in [0.5, 0.6) is 0 Å². The molecule has 0 spiro atoms. The normalized spacial score (nSPS) is 14.3. The molecule has 0 bridgehead atoms. The molecule has 2 unspecified atom stereocenters. The second-order valence-electron chi connectivity index (χ2n) is 5.51. The summed E-state index contributed by atoms with van der Waals surface area (Å²) < 4.78 is 5.11. The van der Waals surface area contributed by atoms with Gasteiger partial charge in [0.15, 0.2) is 6.10 Å². The molecule has 0 aliphatic rings. The number of ether oxygens (including phenoxy) is 1. The van der Waals surface area contributed by atoms with Crippen molar-refractivity contribution in [2.24, 2.45) is 0 Å². The third-order valence-corrected chi connectivity index (χ3v) is 2.42. The van der Waals surface area contributed by atoms with Gasteiger partial charge < -0.3 is 15.2 Å². The lowest BCUT2D eigenvalue weighted by molar-refractivity contribution is -0.141. The number of aliphatic hydroxyl groups excluding tert-OH is 1. The highest BCUT2D eigenvalue weighted by atomic mass is 16.6. The maximum Gasteiger partial charge on any atom is 0.407 e. The minimum atomic E-state index is -1.39. The first-order valence-corrected chi connectivity index (χ1v) is 6.71. The van der Waals surface area contributed by atoms with Crippen LogP contribution in [0.3, 0.4) is 0 Å². The molecule has 7 nitrogen and oxygen atoms in total. The summed E-state index contributed by atoms with van der Waals surface area (Å²) in [5.41, 5.74) is 1.40. The second-order valence-corrected chi connectivity index (χ2v) is 5.51. The molecule has 0 aromatic rings. The van der Waals surface area contributed by atoms with Gasteiger partial charge in [0.2, 0.25) is 0 Å². The Morgan fingerprint density at radius 3 is 2.35 bits per heavy atom. The van der Waals surface area contributed by atoms with Crippen molar-refractivity contribution < 1.29 is 24.3 Å². The summed E-state index contributed by atoms with van der Waals surface area (Å²) >= 11 is 0. The molecule has 0 aliphatic carbocycles. The number of alkyl carbamates (subject to hydrolysis) is 1. The Morgan fingerprint density at radius 2 is 1.90 bits per heavy atom. The lowest BCUT2D eigenvalue weighted by atomic mass is 10.0. The first kappa shape index (κ1) is 18.7. The van der Waals surface area contributed by atoms with E-state index >= 15 is 0 Å². The quantitative estimate of drug-likeness (QED) is 0.610. The van der Waals surface area contributed by atoms with Gasteiger partial charge in [-0.25, -0.2) is 10.3 Å². The smallest absolute Gasteiger partial charge is 0.407 e. The van der Waals surface area contributed by atoms with E-state index in [1.807, 2.05) is 12.4 Å². The van der Waals surface area contributed by atoms with Crippen molar-refractivity contribution in [1.29, 1.82) is 0 Å². The summed E-state index contributed by atoms with van der Waals surface area (Å²) in [6.45, 7) is 7.19. The zero-order valence-corrected chi connectivity index (χ0v) is 12.9. The van der Waals surface area contributed by atoms with E-state index in [1.165, 1.54) is 7.11 Å². The molecule has 0 saturated carbocycles. The van der Waals surface area contributed by atoms with Gasteiger partial charge >= 0.3 is 6.09 Å². The van der Waals surface area contributed by atoms with E-state index in [-0.39, 0.29) is 0 Å². The second kappa shape index (κ2) is 8.76. The number of hydrogen-bond acceptors (Lipinski definition) is 5. The van der Waals surface area contributed by atoms with Gasteiger partial charge in [-0.05, 0) is 27.2 Å². The number of hydrogen-bond donors (Lipinski definition) is 3. The standard InChI is InChI=1S/C13H26N2O5/c1-6-7-8-9(10(16)11(17)15-19-5)14-12(18)20-13(2,3)4/h9-10,16H,6-8H2,1-5H3,(H,14,18)(H,15,17). The molecule has 118 valence electrons. The van der Waals surface area contributed by atoms with Crippen molar-refractivity contribution in [2.75, 3.05) is 7.11 Å². The Hall–Kier alpha value is -1.34. The van der Waals surface area contributed by atoms with Crippen molar-refractivity contribution in [2.45, 2.75) is 64.7 Å². The van der Waals surface area contributed by atoms with Crippen molar-refractivity contribution >= 4 is 12.0 Å². The number of rotatable bonds is 7. The van der Waals surface area contributed by atoms with Crippen LogP contribution in [-0.2, 0) is 14.4 Å². The van der Waals surface area contributed by atoms with Gasteiger partial charge in [0.25, 0.3) is 5.91 Å². The Kier molecular flexibility index (Phi) is 8.17. The molecule has 0 aromatic heterocycles. The summed E-state index contributed by atoms with van der Waals surface area (Å²) in [6, 6.07) is -0.722. The summed E-state index contributed by atoms with van der Waals surface area (Å²) in [4.78, 5) is 27.7. The maximum absolute atomic E-state index is 11.7. The van der Waals surface area contributed by atoms with Gasteiger partial charge in [0.05, 0.1) is 13.2 Å². The van der Waals surface area contributed by atoms with E-state index in [2.05, 4.69) is 10.2 Å². The number of carbonyl (C=O) groups excluding carboxylic acids is 2. The predicted molar refractivity (Wildman–Crippen MR) is 73.8 cm³/mol. The van der Waals surface area contributed by atoms with Gasteiger partial charge in [0, 0.05) is 0 Å². The molecule has 2 amide bonds. The third kappa shape index (κ3) is 7.96. The van der Waals surface area contributed by atoms with Crippen LogP contribution in [-0.4, -0.2) is 42.0 Å². The molecule has 7 heteroatoms. The summed E-state index contributed by atoms with van der Waals surface area (Å²) in [6.07, 6.45) is 0.0496. The molecule has 0 rings (SSSR count). The molecule has 0 radical (unpaired) electrons. The molecule has 0 heterocycles. The van der Waals surface area contributed by atoms with Gasteiger partial charge in [-0.2, -0.15) is 0 Å². The average Bonchev–Trinajstić information content (AvgIpc) is 2.31. The third-order valence-electron chi connectivity index (χ3n) is 2.42. The summed E-state index contributed by atoms with van der Waals surface area (Å²) in [5.74, 6) is -0.704. The zero-order valence-electron chi connectivity index (χ0n) is 12.9. The molecule has 20 heavy (non-hydrogen) atoms. The van der Waals surface area contributed by atoms with Gasteiger partial charge in [-0.15, -0.1) is 0 Å². The highest BCUT2D eigenvalue weighted by Gasteiger charge is 2.29. The molecule has 0 aromatic carbocycles. The van der Waals surface area contributed by atoms with E-state index in [0.29, 0.717) is 6.42 Å². The number of carbonyl (C=O) groups is 2. The first-order valence-electron chi connectivity index (χ1n) is 6.71. The van der Waals surface area contributed by atoms with Crippen LogP contribution in [0.1, 0.15) is 47.0 Å². The fourth-order valence-electron chi connectivity index (χ4n) is 1.54. The predicted octanol–water partition coefficient (Wildman–Crippen LogP) is 1.11. The fraction of sp³-hybridized carbons (Fsp3) is 0.846. The highest BCUT2D eigenvalue weighted by Crippen LogP contribution is 2.10. The lowest BCUT2D eigenvalue weighted by Gasteiger charge is -2.26. The van der Waals surface area contributed by atoms with Crippen LogP contribution < -0.4 is 10.8 Å². The van der Waals surface area contributed by atoms with Crippen molar-refractivity contribution in [3.05, 3.63) is 0 Å². The van der Waals surface area contributed by atoms with E-state index < -0.39 is 29.7 Å². The van der Waals surface area contributed by atoms with Crippen LogP contribution in [0.4, 0.5) is 4.79 Å². The Balaban J connectivity index is 4.62. The molecule has 2 atom stereocenters. The van der Waals surface area contributed by atoms with E-state index in [1.54, 1.807) is 20.8 Å². The van der Waals surface area contributed by atoms with Crippen LogP contribution in [0, 0.1) is 0 Å². The lowest BCUT2D eigenvalue weighted by Crippen LogP contribution is -2.51. The minimum absolute atomic E-state index is 0.466. The molecule has 3 N–H and O–H groups in total. The first-order chi connectivity index (χ1) is 9.21. The number of hydroxylamine groups is 1. The van der Waals surface area contributed by atoms with E-state index in [9.17, 15) is 14.7 Å². The monoisotopic (exact) mass is 290 g/mol. The Bertz CT molecular complexity index is 314. The number of aliphatic hydroxyl groups is 1. The minimum Gasteiger partial charge on any atom is -0.444 e. The van der Waals surface area contributed by atoms with E-state index in [0.717, 1.165) is 12.8 Å². The van der Waals surface area contributed by atoms with E-state index in [4.69, 9.17) is 4.74 Å². The Morgan fingerprint density at radius 1 is 1.30 bits per heavy atom. The van der Waals surface area contributed by atoms with Crippen molar-refractivity contribution in [3.8, 4) is 0 Å². The number of unbranched alkanes of at least 4 members (excludes halogenated alkanes) is 1.